The summed E-state index contributed by atoms with van der Waals surface area (Å²) >= 11 is 0. The van der Waals surface area contributed by atoms with E-state index in [0.717, 1.165) is 26.1 Å². The van der Waals surface area contributed by atoms with E-state index in [4.69, 9.17) is 4.42 Å². The quantitative estimate of drug-likeness (QED) is 0.812. The van der Waals surface area contributed by atoms with Gasteiger partial charge in [-0.2, -0.15) is 0 Å². The van der Waals surface area contributed by atoms with Crippen molar-refractivity contribution in [2.45, 2.75) is 18.6 Å². The predicted molar refractivity (Wildman–Crippen MR) is 62.2 cm³/mol. The van der Waals surface area contributed by atoms with Crippen molar-refractivity contribution in [1.82, 2.24) is 9.80 Å². The van der Waals surface area contributed by atoms with E-state index in [2.05, 4.69) is 23.9 Å². The molecule has 1 fully saturated rings. The zero-order valence-electron chi connectivity index (χ0n) is 9.97. The van der Waals surface area contributed by atoms with Crippen molar-refractivity contribution in [3.8, 4) is 0 Å². The van der Waals surface area contributed by atoms with Crippen LogP contribution >= 0.6 is 0 Å². The van der Waals surface area contributed by atoms with E-state index >= 15 is 0 Å². The summed E-state index contributed by atoms with van der Waals surface area (Å²) in [5.74, 6) is 0.659. The van der Waals surface area contributed by atoms with Gasteiger partial charge in [0.1, 0.15) is 11.9 Å². The molecule has 90 valence electrons. The lowest BCUT2D eigenvalue weighted by molar-refractivity contribution is 0.0421. The fraction of sp³-hybridized carbons (Fsp3) is 0.667. The number of likely N-dealkylation sites (N-methyl/N-ethyl adjacent to an activating group) is 2. The zero-order chi connectivity index (χ0) is 11.5. The molecular formula is C12H20N2O2. The maximum Gasteiger partial charge on any atom is 0.133 e. The van der Waals surface area contributed by atoms with E-state index in [1.54, 1.807) is 6.26 Å². The number of hydrogen-bond donors (Lipinski definition) is 1. The van der Waals surface area contributed by atoms with Crippen molar-refractivity contribution < 1.29 is 9.52 Å². The number of aliphatic hydroxyl groups is 1. The van der Waals surface area contributed by atoms with Crippen molar-refractivity contribution >= 4 is 0 Å². The zero-order valence-corrected chi connectivity index (χ0v) is 9.97. The van der Waals surface area contributed by atoms with Gasteiger partial charge in [0.2, 0.25) is 0 Å². The molecule has 1 aliphatic heterocycles. The summed E-state index contributed by atoms with van der Waals surface area (Å²) in [5, 5.41) is 10.3. The van der Waals surface area contributed by atoms with Crippen molar-refractivity contribution in [1.29, 1.82) is 0 Å². The van der Waals surface area contributed by atoms with Crippen LogP contribution in [-0.2, 0) is 0 Å². The van der Waals surface area contributed by atoms with Crippen molar-refractivity contribution in [3.05, 3.63) is 24.2 Å². The summed E-state index contributed by atoms with van der Waals surface area (Å²) in [6, 6.07) is 3.76. The third-order valence-electron chi connectivity index (χ3n) is 3.31. The first-order valence-electron chi connectivity index (χ1n) is 5.78. The Balaban J connectivity index is 2.10. The van der Waals surface area contributed by atoms with Gasteiger partial charge in [0.25, 0.3) is 0 Å². The molecule has 2 unspecified atom stereocenters. The highest BCUT2D eigenvalue weighted by Gasteiger charge is 2.29. The predicted octanol–water partition coefficient (Wildman–Crippen LogP) is 0.949. The largest absolute Gasteiger partial charge is 0.467 e. The van der Waals surface area contributed by atoms with Gasteiger partial charge in [0.05, 0.1) is 12.3 Å². The molecule has 0 spiro atoms. The Hall–Kier alpha value is -0.840. The lowest BCUT2D eigenvalue weighted by Crippen LogP contribution is -2.42. The molecule has 2 rings (SSSR count). The fourth-order valence-corrected chi connectivity index (χ4v) is 2.30. The second kappa shape index (κ2) is 4.99. The molecule has 4 nitrogen and oxygen atoms in total. The second-order valence-electron chi connectivity index (χ2n) is 4.62. The van der Waals surface area contributed by atoms with E-state index in [1.807, 2.05) is 12.1 Å². The number of nitrogens with zero attached hydrogens (tertiary/aromatic N) is 2. The Morgan fingerprint density at radius 3 is 2.94 bits per heavy atom. The van der Waals surface area contributed by atoms with E-state index in [9.17, 15) is 5.11 Å². The van der Waals surface area contributed by atoms with E-state index in [1.165, 1.54) is 0 Å². The van der Waals surface area contributed by atoms with Gasteiger partial charge in [0, 0.05) is 6.54 Å². The van der Waals surface area contributed by atoms with Crippen LogP contribution < -0.4 is 0 Å². The van der Waals surface area contributed by atoms with Crippen LogP contribution in [0.3, 0.4) is 0 Å². The topological polar surface area (TPSA) is 39.9 Å². The highest BCUT2D eigenvalue weighted by molar-refractivity contribution is 5.05. The molecule has 4 heteroatoms. The minimum absolute atomic E-state index is 0.110. The van der Waals surface area contributed by atoms with Gasteiger partial charge in [-0.05, 0) is 45.7 Å². The summed E-state index contributed by atoms with van der Waals surface area (Å²) in [6.07, 6.45) is 2.22. The minimum atomic E-state index is -0.541. The Morgan fingerprint density at radius 2 is 2.25 bits per heavy atom. The Bertz CT molecular complexity index is 313. The summed E-state index contributed by atoms with van der Waals surface area (Å²) in [7, 11) is 4.16. The van der Waals surface area contributed by atoms with Gasteiger partial charge in [-0.15, -0.1) is 0 Å². The highest BCUT2D eigenvalue weighted by Crippen LogP contribution is 2.23. The van der Waals surface area contributed by atoms with Crippen LogP contribution in [0.2, 0.25) is 0 Å². The molecule has 0 bridgehead atoms. The van der Waals surface area contributed by atoms with Gasteiger partial charge in [-0.1, -0.05) is 0 Å². The molecule has 1 aromatic heterocycles. The molecule has 0 aromatic carbocycles. The Labute approximate surface area is 96.5 Å². The lowest BCUT2D eigenvalue weighted by atomic mass is 10.1. The highest BCUT2D eigenvalue weighted by atomic mass is 16.4. The number of rotatable bonds is 2. The van der Waals surface area contributed by atoms with Crippen LogP contribution in [0.5, 0.6) is 0 Å². The first-order valence-corrected chi connectivity index (χ1v) is 5.78. The van der Waals surface area contributed by atoms with Crippen LogP contribution in [0.25, 0.3) is 0 Å². The van der Waals surface area contributed by atoms with Crippen molar-refractivity contribution in [2.75, 3.05) is 33.7 Å². The standard InChI is InChI=1S/C12H20N2O2/c1-13-6-4-7-14(2)10(9-13)12(15)11-5-3-8-16-11/h3,5,8,10,12,15H,4,6-7,9H2,1-2H3. The van der Waals surface area contributed by atoms with E-state index in [-0.39, 0.29) is 6.04 Å². The van der Waals surface area contributed by atoms with Crippen LogP contribution in [0.4, 0.5) is 0 Å². The Kier molecular flexibility index (Phi) is 3.63. The summed E-state index contributed by atoms with van der Waals surface area (Å²) in [4.78, 5) is 4.48. The number of hydrogen-bond acceptors (Lipinski definition) is 4. The third-order valence-corrected chi connectivity index (χ3v) is 3.31. The summed E-state index contributed by atoms with van der Waals surface area (Å²) < 4.78 is 5.28. The Morgan fingerprint density at radius 1 is 1.44 bits per heavy atom. The van der Waals surface area contributed by atoms with Crippen LogP contribution in [0.15, 0.2) is 22.8 Å². The monoisotopic (exact) mass is 224 g/mol. The smallest absolute Gasteiger partial charge is 0.133 e. The van der Waals surface area contributed by atoms with Crippen LogP contribution in [-0.4, -0.2) is 54.7 Å². The fourth-order valence-electron chi connectivity index (χ4n) is 2.30. The van der Waals surface area contributed by atoms with E-state index in [0.29, 0.717) is 5.76 Å². The van der Waals surface area contributed by atoms with Crippen molar-refractivity contribution in [2.24, 2.45) is 0 Å². The molecule has 0 radical (unpaired) electrons. The van der Waals surface area contributed by atoms with Crippen LogP contribution in [0, 0.1) is 0 Å². The molecule has 16 heavy (non-hydrogen) atoms. The molecule has 2 atom stereocenters. The lowest BCUT2D eigenvalue weighted by Gasteiger charge is -2.30. The molecule has 0 amide bonds. The molecule has 0 saturated carbocycles. The normalized spacial score (nSPS) is 26.6. The first kappa shape index (κ1) is 11.6. The molecule has 0 aliphatic carbocycles. The van der Waals surface area contributed by atoms with Gasteiger partial charge in [0.15, 0.2) is 0 Å². The van der Waals surface area contributed by atoms with Gasteiger partial charge < -0.3 is 14.4 Å². The summed E-state index contributed by atoms with van der Waals surface area (Å²) in [5.41, 5.74) is 0. The summed E-state index contributed by atoms with van der Waals surface area (Å²) in [6.45, 7) is 2.98. The van der Waals surface area contributed by atoms with Gasteiger partial charge in [-0.3, -0.25) is 4.90 Å². The maximum atomic E-state index is 10.3. The number of furan rings is 1. The molecular weight excluding hydrogens is 204 g/mol. The van der Waals surface area contributed by atoms with Crippen LogP contribution in [0.1, 0.15) is 18.3 Å². The van der Waals surface area contributed by atoms with Crippen molar-refractivity contribution in [3.63, 3.8) is 0 Å². The molecule has 1 aliphatic rings. The minimum Gasteiger partial charge on any atom is -0.467 e. The average molecular weight is 224 g/mol. The molecule has 2 heterocycles. The molecule has 1 N–H and O–H groups in total. The van der Waals surface area contributed by atoms with E-state index < -0.39 is 6.10 Å². The van der Waals surface area contributed by atoms with Gasteiger partial charge >= 0.3 is 0 Å². The molecule has 1 saturated heterocycles. The average Bonchev–Trinajstić information content (AvgIpc) is 2.72. The maximum absolute atomic E-state index is 10.3. The SMILES string of the molecule is CN1CCCN(C)C(C(O)c2ccco2)C1. The first-order chi connectivity index (χ1) is 7.68. The van der Waals surface area contributed by atoms with Gasteiger partial charge in [-0.25, -0.2) is 0 Å². The second-order valence-corrected chi connectivity index (χ2v) is 4.62. The number of aliphatic hydroxyl groups excluding tert-OH is 1. The molecule has 1 aromatic rings. The third kappa shape index (κ3) is 2.45.